The summed E-state index contributed by atoms with van der Waals surface area (Å²) in [5.74, 6) is 2.39. The predicted octanol–water partition coefficient (Wildman–Crippen LogP) is 2.26. The van der Waals surface area contributed by atoms with E-state index in [1.807, 2.05) is 0 Å². The number of Topliss-reactive ketones (excluding diaryl/α,β-unsaturated/α-hetero) is 1. The molecule has 3 aliphatic carbocycles. The van der Waals surface area contributed by atoms with Crippen molar-refractivity contribution in [2.24, 2.45) is 23.2 Å². The second-order valence-corrected chi connectivity index (χ2v) is 4.81. The van der Waals surface area contributed by atoms with Gasteiger partial charge < -0.3 is 0 Å². The monoisotopic (exact) mass is 152 g/mol. The van der Waals surface area contributed by atoms with Gasteiger partial charge in [-0.15, -0.1) is 0 Å². The second kappa shape index (κ2) is 1.88. The summed E-state index contributed by atoms with van der Waals surface area (Å²) in [7, 11) is 0. The summed E-state index contributed by atoms with van der Waals surface area (Å²) in [6.07, 6.45) is 2.49. The van der Waals surface area contributed by atoms with Gasteiger partial charge in [-0.25, -0.2) is 0 Å². The summed E-state index contributed by atoms with van der Waals surface area (Å²) in [6, 6.07) is 0. The molecule has 3 fully saturated rings. The second-order valence-electron chi connectivity index (χ2n) is 4.81. The zero-order valence-electron chi connectivity index (χ0n) is 7.55. The molecule has 3 saturated carbocycles. The average Bonchev–Trinajstić information content (AvgIpc) is 2.40. The Morgan fingerprint density at radius 2 is 2.00 bits per heavy atom. The molecular weight excluding hydrogens is 136 g/mol. The van der Waals surface area contributed by atoms with Crippen molar-refractivity contribution < 1.29 is 4.79 Å². The van der Waals surface area contributed by atoms with E-state index in [0.717, 1.165) is 5.92 Å². The number of hydrogen-bond acceptors (Lipinski definition) is 1. The Kier molecular flexibility index (Phi) is 1.25. The molecule has 0 aliphatic heterocycles. The Hall–Kier alpha value is -0.330. The molecule has 0 aromatic heterocycles. The minimum atomic E-state index is 0.412. The first-order valence-electron chi connectivity index (χ1n) is 4.54. The minimum absolute atomic E-state index is 0.412. The van der Waals surface area contributed by atoms with Crippen molar-refractivity contribution in [2.75, 3.05) is 0 Å². The molecule has 0 heterocycles. The summed E-state index contributed by atoms with van der Waals surface area (Å²) in [5.41, 5.74) is 0.482. The Morgan fingerprint density at radius 3 is 2.18 bits per heavy atom. The maximum absolute atomic E-state index is 11.2. The number of ketones is 1. The first-order valence-corrected chi connectivity index (χ1v) is 4.54. The molecule has 0 aromatic carbocycles. The molecule has 0 spiro atoms. The smallest absolute Gasteiger partial charge is 0.133 e. The molecule has 0 N–H and O–H groups in total. The Bertz CT molecular complexity index is 205. The standard InChI is InChI=1S/C10H16O/c1-6(11)8-4-7-5-9(8)10(7,2)3/h7-9H,4-5H2,1-3H3/t7-,8+,9-/m0/s1. The third-order valence-corrected chi connectivity index (χ3v) is 4.09. The van der Waals surface area contributed by atoms with E-state index in [4.69, 9.17) is 0 Å². The van der Waals surface area contributed by atoms with Gasteiger partial charge in [0, 0.05) is 5.92 Å². The highest BCUT2D eigenvalue weighted by molar-refractivity contribution is 5.79. The van der Waals surface area contributed by atoms with Crippen LogP contribution >= 0.6 is 0 Å². The fourth-order valence-corrected chi connectivity index (χ4v) is 3.06. The first kappa shape index (κ1) is 7.33. The topological polar surface area (TPSA) is 17.1 Å². The van der Waals surface area contributed by atoms with Gasteiger partial charge in [-0.2, -0.15) is 0 Å². The van der Waals surface area contributed by atoms with Gasteiger partial charge in [-0.3, -0.25) is 4.79 Å². The van der Waals surface area contributed by atoms with Crippen LogP contribution < -0.4 is 0 Å². The molecule has 1 nitrogen and oxygen atoms in total. The van der Waals surface area contributed by atoms with Crippen LogP contribution in [0.15, 0.2) is 0 Å². The van der Waals surface area contributed by atoms with E-state index in [-0.39, 0.29) is 0 Å². The first-order chi connectivity index (χ1) is 5.03. The third-order valence-electron chi connectivity index (χ3n) is 4.09. The van der Waals surface area contributed by atoms with Crippen molar-refractivity contribution >= 4 is 5.78 Å². The van der Waals surface area contributed by atoms with Crippen LogP contribution in [0.5, 0.6) is 0 Å². The van der Waals surface area contributed by atoms with Crippen LogP contribution in [-0.2, 0) is 4.79 Å². The highest BCUT2D eigenvalue weighted by Crippen LogP contribution is 2.64. The number of carbonyl (C=O) groups excluding carboxylic acids is 1. The van der Waals surface area contributed by atoms with Crippen LogP contribution in [0.1, 0.15) is 33.6 Å². The van der Waals surface area contributed by atoms with Crippen LogP contribution in [0.4, 0.5) is 0 Å². The molecule has 62 valence electrons. The zero-order valence-corrected chi connectivity index (χ0v) is 7.55. The van der Waals surface area contributed by atoms with Crippen molar-refractivity contribution in [3.8, 4) is 0 Å². The van der Waals surface area contributed by atoms with Crippen molar-refractivity contribution in [3.05, 3.63) is 0 Å². The van der Waals surface area contributed by atoms with E-state index in [1.54, 1.807) is 6.92 Å². The lowest BCUT2D eigenvalue weighted by atomic mass is 9.60. The molecule has 3 rings (SSSR count). The Morgan fingerprint density at radius 1 is 1.36 bits per heavy atom. The van der Waals surface area contributed by atoms with Crippen LogP contribution in [-0.4, -0.2) is 5.78 Å². The summed E-state index contributed by atoms with van der Waals surface area (Å²) in [4.78, 5) is 11.2. The summed E-state index contributed by atoms with van der Waals surface area (Å²) in [5, 5.41) is 0. The van der Waals surface area contributed by atoms with Gasteiger partial charge in [0.15, 0.2) is 0 Å². The van der Waals surface area contributed by atoms with Gasteiger partial charge in [-0.1, -0.05) is 13.8 Å². The van der Waals surface area contributed by atoms with Crippen LogP contribution in [0.3, 0.4) is 0 Å². The van der Waals surface area contributed by atoms with Crippen LogP contribution in [0.25, 0.3) is 0 Å². The molecule has 0 aromatic rings. The largest absolute Gasteiger partial charge is 0.300 e. The summed E-state index contributed by atoms with van der Waals surface area (Å²) < 4.78 is 0. The minimum Gasteiger partial charge on any atom is -0.300 e. The Balaban J connectivity index is 2.18. The quantitative estimate of drug-likeness (QED) is 0.563. The zero-order chi connectivity index (χ0) is 8.22. The van der Waals surface area contributed by atoms with E-state index in [1.165, 1.54) is 12.8 Å². The van der Waals surface area contributed by atoms with E-state index in [2.05, 4.69) is 13.8 Å². The Labute approximate surface area is 68.2 Å². The molecule has 11 heavy (non-hydrogen) atoms. The van der Waals surface area contributed by atoms with E-state index < -0.39 is 0 Å². The molecule has 2 bridgehead atoms. The molecule has 0 saturated heterocycles. The number of carbonyl (C=O) groups is 1. The summed E-state index contributed by atoms with van der Waals surface area (Å²) in [6.45, 7) is 6.38. The van der Waals surface area contributed by atoms with Gasteiger partial charge in [0.1, 0.15) is 5.78 Å². The van der Waals surface area contributed by atoms with Gasteiger partial charge in [0.2, 0.25) is 0 Å². The predicted molar refractivity (Wildman–Crippen MR) is 44.2 cm³/mol. The highest BCUT2D eigenvalue weighted by Gasteiger charge is 2.59. The molecule has 3 atom stereocenters. The molecule has 1 heteroatoms. The van der Waals surface area contributed by atoms with E-state index in [0.29, 0.717) is 23.0 Å². The van der Waals surface area contributed by atoms with Crippen molar-refractivity contribution in [1.82, 2.24) is 0 Å². The molecule has 0 unspecified atom stereocenters. The third kappa shape index (κ3) is 0.743. The molecular formula is C10H16O. The van der Waals surface area contributed by atoms with Gasteiger partial charge in [0.05, 0.1) is 0 Å². The van der Waals surface area contributed by atoms with Gasteiger partial charge in [-0.05, 0) is 37.0 Å². The van der Waals surface area contributed by atoms with Crippen molar-refractivity contribution in [2.45, 2.75) is 33.6 Å². The fourth-order valence-electron chi connectivity index (χ4n) is 3.06. The molecule has 3 aliphatic rings. The van der Waals surface area contributed by atoms with Crippen molar-refractivity contribution in [3.63, 3.8) is 0 Å². The lowest BCUT2D eigenvalue weighted by Crippen LogP contribution is -2.39. The van der Waals surface area contributed by atoms with E-state index in [9.17, 15) is 4.79 Å². The maximum atomic E-state index is 11.2. The molecule has 0 radical (unpaired) electrons. The lowest BCUT2D eigenvalue weighted by Gasteiger charge is -2.45. The normalized spacial score (nSPS) is 45.2. The van der Waals surface area contributed by atoms with Gasteiger partial charge in [0.25, 0.3) is 0 Å². The van der Waals surface area contributed by atoms with E-state index >= 15 is 0 Å². The molecule has 0 amide bonds. The summed E-state index contributed by atoms with van der Waals surface area (Å²) >= 11 is 0. The number of hydrogen-bond donors (Lipinski definition) is 0. The van der Waals surface area contributed by atoms with Gasteiger partial charge >= 0.3 is 0 Å². The number of rotatable bonds is 1. The van der Waals surface area contributed by atoms with Crippen molar-refractivity contribution in [1.29, 1.82) is 0 Å². The fraction of sp³-hybridized carbons (Fsp3) is 0.900. The maximum Gasteiger partial charge on any atom is 0.133 e. The number of fused-ring (bicyclic) bond motifs is 1. The average molecular weight is 152 g/mol. The van der Waals surface area contributed by atoms with Crippen LogP contribution in [0.2, 0.25) is 0 Å². The SMILES string of the molecule is CC(=O)[C@H]1C[C@H]2C[C@@H]1C2(C)C. The lowest BCUT2D eigenvalue weighted by molar-refractivity contribution is -0.122. The highest BCUT2D eigenvalue weighted by atomic mass is 16.1. The van der Waals surface area contributed by atoms with Crippen LogP contribution in [0, 0.1) is 23.2 Å².